The van der Waals surface area contributed by atoms with Gasteiger partial charge in [-0.05, 0) is 172 Å². The van der Waals surface area contributed by atoms with Gasteiger partial charge in [-0.15, -0.1) is 0 Å². The molecule has 0 aromatic heterocycles. The van der Waals surface area contributed by atoms with Crippen LogP contribution < -0.4 is 14.2 Å². The van der Waals surface area contributed by atoms with Crippen LogP contribution in [0, 0.1) is 6.92 Å². The summed E-state index contributed by atoms with van der Waals surface area (Å²) in [4.78, 5) is 41.0. The molecule has 0 radical (unpaired) electrons. The summed E-state index contributed by atoms with van der Waals surface area (Å²) in [5.74, 6) is 0.363. The molecule has 2 unspecified atom stereocenters. The van der Waals surface area contributed by atoms with Crippen molar-refractivity contribution in [3.05, 3.63) is 200 Å². The first-order valence-corrected chi connectivity index (χ1v) is 23.7. The fourth-order valence-corrected chi connectivity index (χ4v) is 13.1. The Hall–Kier alpha value is -6.73. The minimum Gasteiger partial charge on any atom is -0.497 e. The van der Waals surface area contributed by atoms with Gasteiger partial charge in [0.25, 0.3) is 0 Å². The first-order valence-electron chi connectivity index (χ1n) is 23.7. The number of carbonyl (C=O) groups is 3. The van der Waals surface area contributed by atoms with E-state index >= 15 is 0 Å². The van der Waals surface area contributed by atoms with Crippen molar-refractivity contribution < 1.29 is 33.3 Å². The number of methoxy groups -OCH3 is 1. The van der Waals surface area contributed by atoms with Crippen LogP contribution in [0.2, 0.25) is 0 Å². The van der Waals surface area contributed by atoms with Crippen molar-refractivity contribution in [2.75, 3.05) is 7.11 Å². The van der Waals surface area contributed by atoms with E-state index in [-0.39, 0.29) is 27.1 Å². The van der Waals surface area contributed by atoms with Gasteiger partial charge in [0.2, 0.25) is 0 Å². The Bertz CT molecular complexity index is 3120. The first kappa shape index (κ1) is 45.1. The zero-order chi connectivity index (χ0) is 48.3. The highest BCUT2D eigenvalue weighted by molar-refractivity contribution is 5.95. The quantitative estimate of drug-likeness (QED) is 0.0854. The topological polar surface area (TPSA) is 88.1 Å². The number of esters is 3. The van der Waals surface area contributed by atoms with Gasteiger partial charge in [-0.25, -0.2) is 14.4 Å². The smallest absolute Gasteiger partial charge is 0.343 e. The number of hydrogen-bond acceptors (Lipinski definition) is 7. The van der Waals surface area contributed by atoms with Crippen LogP contribution in [0.1, 0.15) is 168 Å². The summed E-state index contributed by atoms with van der Waals surface area (Å²) in [5.41, 5.74) is 11.9. The molecular weight excluding hydrogens is 845 g/mol. The predicted octanol–water partition coefficient (Wildman–Crippen LogP) is 13.6. The molecule has 0 aliphatic heterocycles. The van der Waals surface area contributed by atoms with Crippen molar-refractivity contribution in [3.63, 3.8) is 0 Å². The van der Waals surface area contributed by atoms with E-state index in [1.807, 2.05) is 36.4 Å². The van der Waals surface area contributed by atoms with Gasteiger partial charge in [0.05, 0.1) is 23.8 Å². The number of aryl methyl sites for hydroxylation is 1. The molecule has 6 aromatic rings. The van der Waals surface area contributed by atoms with Gasteiger partial charge in [-0.1, -0.05) is 116 Å². The molecule has 0 fully saturated rings. The molecule has 4 aliphatic carbocycles. The lowest BCUT2D eigenvalue weighted by Gasteiger charge is -2.30. The minimum absolute atomic E-state index is 0.00991. The number of ether oxygens (including phenoxy) is 4. The second-order valence-corrected chi connectivity index (χ2v) is 22.5. The van der Waals surface area contributed by atoms with E-state index in [0.717, 1.165) is 36.8 Å². The van der Waals surface area contributed by atoms with Gasteiger partial charge in [0.15, 0.2) is 0 Å². The molecule has 6 aromatic carbocycles. The highest BCUT2D eigenvalue weighted by Crippen LogP contribution is 2.65. The van der Waals surface area contributed by atoms with E-state index in [2.05, 4.69) is 111 Å². The highest BCUT2D eigenvalue weighted by Gasteiger charge is 2.58. The Morgan fingerprint density at radius 1 is 0.412 bits per heavy atom. The van der Waals surface area contributed by atoms with E-state index in [1.54, 1.807) is 49.6 Å². The second kappa shape index (κ2) is 15.4. The Morgan fingerprint density at radius 2 is 0.750 bits per heavy atom. The molecule has 2 atom stereocenters. The number of hydrogen-bond donors (Lipinski definition) is 0. The van der Waals surface area contributed by atoms with E-state index in [9.17, 15) is 14.4 Å². The van der Waals surface area contributed by atoms with Gasteiger partial charge >= 0.3 is 17.9 Å². The lowest BCUT2D eigenvalue weighted by molar-refractivity contribution is 0.0720. The van der Waals surface area contributed by atoms with Crippen molar-refractivity contribution in [2.45, 2.75) is 120 Å². The van der Waals surface area contributed by atoms with Crippen LogP contribution in [0.5, 0.6) is 17.2 Å². The van der Waals surface area contributed by atoms with Crippen molar-refractivity contribution in [1.82, 2.24) is 0 Å². The van der Waals surface area contributed by atoms with Crippen molar-refractivity contribution >= 4 is 23.7 Å². The maximum Gasteiger partial charge on any atom is 0.343 e. The zero-order valence-electron chi connectivity index (χ0n) is 40.9. The summed E-state index contributed by atoms with van der Waals surface area (Å²) in [5, 5.41) is 0. The second-order valence-electron chi connectivity index (χ2n) is 22.5. The van der Waals surface area contributed by atoms with Crippen molar-refractivity contribution in [2.24, 2.45) is 0 Å². The Balaban J connectivity index is 0.879. The molecule has 0 saturated carbocycles. The van der Waals surface area contributed by atoms with Crippen LogP contribution in [-0.4, -0.2) is 25.0 Å². The minimum atomic E-state index is -0.530. The Morgan fingerprint density at radius 3 is 1.13 bits per heavy atom. The Kier molecular flexibility index (Phi) is 10.2. The van der Waals surface area contributed by atoms with E-state index < -0.39 is 23.3 Å². The number of carbonyl (C=O) groups excluding carboxylic acids is 3. The Labute approximate surface area is 400 Å². The lowest BCUT2D eigenvalue weighted by atomic mass is 9.72. The monoisotopic (exact) mass is 904 g/mol. The van der Waals surface area contributed by atoms with Gasteiger partial charge in [-0.2, -0.15) is 0 Å². The molecule has 2 spiro atoms. The van der Waals surface area contributed by atoms with E-state index in [0.29, 0.717) is 45.3 Å². The molecule has 7 nitrogen and oxygen atoms in total. The average molecular weight is 905 g/mol. The molecule has 68 heavy (non-hydrogen) atoms. The normalized spacial score (nSPS) is 21.4. The standard InChI is InChI=1S/C61H60O7/c1-36-15-23-45-49(27-36)60(32-56(45,3)4)33-57(5,6)46-24-20-42(29-50(46)60)66-53(62)38-16-18-39(19-17-38)54(63)67-43-21-25-47-51(30-43)61(34-58(47,7)8)35-59(9,10)48-26-22-44(31-52(48)61)68-55(64)41-14-12-13-40(28-41)37(2)65-11/h12-31H,2,32-35H2,1,3-11H3. The fourth-order valence-electron chi connectivity index (χ4n) is 13.1. The summed E-state index contributed by atoms with van der Waals surface area (Å²) in [6.45, 7) is 24.4. The van der Waals surface area contributed by atoms with Gasteiger partial charge < -0.3 is 18.9 Å². The molecule has 0 saturated heterocycles. The third-order valence-corrected chi connectivity index (χ3v) is 15.8. The maximum atomic E-state index is 13.8. The van der Waals surface area contributed by atoms with Crippen molar-refractivity contribution in [3.8, 4) is 17.2 Å². The number of fused-ring (bicyclic) bond motifs is 8. The van der Waals surface area contributed by atoms with Crippen LogP contribution >= 0.6 is 0 Å². The van der Waals surface area contributed by atoms with Gasteiger partial charge in [0, 0.05) is 16.4 Å². The summed E-state index contributed by atoms with van der Waals surface area (Å²) in [6.07, 6.45) is 3.64. The van der Waals surface area contributed by atoms with Crippen molar-refractivity contribution in [1.29, 1.82) is 0 Å². The summed E-state index contributed by atoms with van der Waals surface area (Å²) < 4.78 is 23.5. The van der Waals surface area contributed by atoms with Gasteiger partial charge in [-0.3, -0.25) is 0 Å². The SMILES string of the molecule is C=C(OC)c1cccc(C(=O)Oc2ccc3c(c2)C2(CC(C)(C)c4ccc(OC(=O)c5ccc(C(=O)Oc6ccc7c(c6)C6(CC(C)(C)c8ccc(C)cc86)CC7(C)C)cc5)cc42)CC3(C)C)c1. The number of benzene rings is 6. The third-order valence-electron chi connectivity index (χ3n) is 15.8. The van der Waals surface area contributed by atoms with Crippen LogP contribution in [0.15, 0.2) is 128 Å². The zero-order valence-corrected chi connectivity index (χ0v) is 40.9. The van der Waals surface area contributed by atoms with E-state index in [4.69, 9.17) is 18.9 Å². The summed E-state index contributed by atoms with van der Waals surface area (Å²) in [7, 11) is 1.55. The van der Waals surface area contributed by atoms with Crippen LogP contribution in [0.4, 0.5) is 0 Å². The molecule has 0 heterocycles. The summed E-state index contributed by atoms with van der Waals surface area (Å²) >= 11 is 0. The number of rotatable bonds is 8. The van der Waals surface area contributed by atoms with Crippen LogP contribution in [0.25, 0.3) is 5.76 Å². The molecule has 0 amide bonds. The largest absolute Gasteiger partial charge is 0.497 e. The molecule has 0 N–H and O–H groups in total. The molecule has 10 rings (SSSR count). The summed E-state index contributed by atoms with van der Waals surface area (Å²) in [6, 6.07) is 38.5. The van der Waals surface area contributed by atoms with Crippen LogP contribution in [0.3, 0.4) is 0 Å². The predicted molar refractivity (Wildman–Crippen MR) is 266 cm³/mol. The average Bonchev–Trinajstić information content (AvgIpc) is 3.85. The van der Waals surface area contributed by atoms with Gasteiger partial charge in [0.1, 0.15) is 23.0 Å². The van der Waals surface area contributed by atoms with E-state index in [1.165, 1.54) is 38.9 Å². The van der Waals surface area contributed by atoms with Crippen LogP contribution in [-0.2, 0) is 37.2 Å². The molecular formula is C61H60O7. The maximum absolute atomic E-state index is 13.8. The molecule has 4 aliphatic rings. The third kappa shape index (κ3) is 7.19. The molecule has 346 valence electrons. The lowest BCUT2D eigenvalue weighted by Crippen LogP contribution is -2.27. The first-order chi connectivity index (χ1) is 32.1. The fraction of sp³-hybridized carbons (Fsp3) is 0.328. The molecule has 7 heteroatoms. The highest BCUT2D eigenvalue weighted by atomic mass is 16.5. The molecule has 0 bridgehead atoms.